The maximum atomic E-state index is 13.6. The zero-order valence-electron chi connectivity index (χ0n) is 8.66. The molecule has 0 saturated carbocycles. The molecule has 6 heteroatoms. The van der Waals surface area contributed by atoms with E-state index in [4.69, 9.17) is 11.6 Å². The smallest absolute Gasteiger partial charge is 0.134 e. The highest BCUT2D eigenvalue weighted by Crippen LogP contribution is 2.34. The Balaban J connectivity index is 2.62. The fourth-order valence-corrected chi connectivity index (χ4v) is 2.67. The molecule has 0 saturated heterocycles. The fourth-order valence-electron chi connectivity index (χ4n) is 1.39. The van der Waals surface area contributed by atoms with Crippen molar-refractivity contribution in [1.82, 2.24) is 4.98 Å². The number of carbonyl (C=O) groups is 1. The zero-order chi connectivity index (χ0) is 12.6. The molecule has 2 aromatic rings. The van der Waals surface area contributed by atoms with Crippen LogP contribution in [0.5, 0.6) is 0 Å². The van der Waals surface area contributed by atoms with Gasteiger partial charge in [-0.25, -0.2) is 9.37 Å². The Morgan fingerprint density at radius 1 is 1.53 bits per heavy atom. The number of carboxylic acids is 1. The molecule has 0 bridgehead atoms. The summed E-state index contributed by atoms with van der Waals surface area (Å²) in [7, 11) is 0. The minimum atomic E-state index is -1.32. The predicted molar refractivity (Wildman–Crippen MR) is 61.6 cm³/mol. The second-order valence-electron chi connectivity index (χ2n) is 3.32. The molecule has 0 amide bonds. The molecule has 88 valence electrons. The zero-order valence-corrected chi connectivity index (χ0v) is 10.2. The van der Waals surface area contributed by atoms with Crippen molar-refractivity contribution in [3.63, 3.8) is 0 Å². The van der Waals surface area contributed by atoms with Gasteiger partial charge in [-0.2, -0.15) is 0 Å². The molecule has 0 N–H and O–H groups in total. The van der Waals surface area contributed by atoms with Gasteiger partial charge in [-0.3, -0.25) is 0 Å². The first kappa shape index (κ1) is 12.0. The van der Waals surface area contributed by atoms with E-state index >= 15 is 0 Å². The second kappa shape index (κ2) is 4.43. The Bertz CT molecular complexity index is 577. The van der Waals surface area contributed by atoms with E-state index in [1.54, 1.807) is 0 Å². The summed E-state index contributed by atoms with van der Waals surface area (Å²) in [6, 6.07) is 4.24. The van der Waals surface area contributed by atoms with Crippen LogP contribution >= 0.6 is 22.9 Å². The Morgan fingerprint density at radius 3 is 2.76 bits per heavy atom. The van der Waals surface area contributed by atoms with Crippen LogP contribution < -0.4 is 5.11 Å². The number of aromatic nitrogens is 1. The third-order valence-electron chi connectivity index (χ3n) is 2.16. The molecule has 1 aromatic carbocycles. The summed E-state index contributed by atoms with van der Waals surface area (Å²) < 4.78 is 13.6. The summed E-state index contributed by atoms with van der Waals surface area (Å²) in [5, 5.41) is 11.2. The summed E-state index contributed by atoms with van der Waals surface area (Å²) in [5.74, 6) is -1.85. The number of carbonyl (C=O) groups excluding carboxylic acids is 1. The van der Waals surface area contributed by atoms with E-state index in [1.165, 1.54) is 25.1 Å². The molecule has 3 nitrogen and oxygen atoms in total. The molecule has 0 aliphatic heterocycles. The summed E-state index contributed by atoms with van der Waals surface area (Å²) in [6.45, 7) is 1.53. The number of thiazole rings is 1. The number of halogens is 2. The van der Waals surface area contributed by atoms with Crippen molar-refractivity contribution in [2.24, 2.45) is 0 Å². The molecule has 0 fully saturated rings. The van der Waals surface area contributed by atoms with E-state index in [0.717, 1.165) is 11.3 Å². The van der Waals surface area contributed by atoms with Crippen LogP contribution in [0, 0.1) is 12.7 Å². The molecular weight excluding hydrogens is 265 g/mol. The number of aryl methyl sites for hydroxylation is 1. The highest BCUT2D eigenvalue weighted by atomic mass is 35.5. The second-order valence-corrected chi connectivity index (χ2v) is 4.72. The standard InChI is InChI=1S/C11H7ClFNO2S/c1-5-9(11(15)16)17-10(14-5)8-6(12)3-2-4-7(8)13/h2-4H,1H3,(H,15,16)/p-1. The third-order valence-corrected chi connectivity index (χ3v) is 3.63. The van der Waals surface area contributed by atoms with E-state index in [-0.39, 0.29) is 20.5 Å². The van der Waals surface area contributed by atoms with Crippen LogP contribution in [-0.4, -0.2) is 11.0 Å². The average Bonchev–Trinajstić information content (AvgIpc) is 2.60. The van der Waals surface area contributed by atoms with Gasteiger partial charge in [0, 0.05) is 0 Å². The molecule has 0 radical (unpaired) electrons. The van der Waals surface area contributed by atoms with Gasteiger partial charge in [-0.1, -0.05) is 17.7 Å². The first-order valence-corrected chi connectivity index (χ1v) is 5.83. The van der Waals surface area contributed by atoms with Crippen molar-refractivity contribution >= 4 is 28.9 Å². The summed E-state index contributed by atoms with van der Waals surface area (Å²) in [6.07, 6.45) is 0. The lowest BCUT2D eigenvalue weighted by Gasteiger charge is -2.01. The highest BCUT2D eigenvalue weighted by Gasteiger charge is 2.16. The SMILES string of the molecule is Cc1nc(-c2c(F)cccc2Cl)sc1C(=O)[O-]. The van der Waals surface area contributed by atoms with Crippen molar-refractivity contribution in [2.75, 3.05) is 0 Å². The van der Waals surface area contributed by atoms with Crippen molar-refractivity contribution < 1.29 is 14.3 Å². The van der Waals surface area contributed by atoms with Gasteiger partial charge in [0.25, 0.3) is 0 Å². The van der Waals surface area contributed by atoms with E-state index < -0.39 is 11.8 Å². The Kier molecular flexibility index (Phi) is 3.13. The maximum Gasteiger partial charge on any atom is 0.134 e. The van der Waals surface area contributed by atoms with Crippen LogP contribution in [0.15, 0.2) is 18.2 Å². The van der Waals surface area contributed by atoms with Crippen LogP contribution in [0.25, 0.3) is 10.6 Å². The van der Waals surface area contributed by atoms with Crippen LogP contribution in [0.4, 0.5) is 4.39 Å². The lowest BCUT2D eigenvalue weighted by Crippen LogP contribution is -2.21. The van der Waals surface area contributed by atoms with Gasteiger partial charge < -0.3 is 9.90 Å². The van der Waals surface area contributed by atoms with Crippen LogP contribution in [0.3, 0.4) is 0 Å². The largest absolute Gasteiger partial charge is 0.544 e. The molecule has 0 spiro atoms. The molecule has 0 unspecified atom stereocenters. The fraction of sp³-hybridized carbons (Fsp3) is 0.0909. The van der Waals surface area contributed by atoms with Gasteiger partial charge in [0.1, 0.15) is 10.8 Å². The maximum absolute atomic E-state index is 13.6. The normalized spacial score (nSPS) is 10.5. The predicted octanol–water partition coefficient (Wildman–Crippen LogP) is 2.27. The minimum Gasteiger partial charge on any atom is -0.544 e. The van der Waals surface area contributed by atoms with Gasteiger partial charge in [-0.15, -0.1) is 11.3 Å². The summed E-state index contributed by atoms with van der Waals surface area (Å²) in [4.78, 5) is 14.8. The van der Waals surface area contributed by atoms with E-state index in [1.807, 2.05) is 0 Å². The number of hydrogen-bond acceptors (Lipinski definition) is 4. The van der Waals surface area contributed by atoms with E-state index in [0.29, 0.717) is 5.69 Å². The molecule has 0 aliphatic carbocycles. The topological polar surface area (TPSA) is 53.0 Å². The van der Waals surface area contributed by atoms with Gasteiger partial charge >= 0.3 is 0 Å². The van der Waals surface area contributed by atoms with Crippen molar-refractivity contribution in [1.29, 1.82) is 0 Å². The Hall–Kier alpha value is -1.46. The summed E-state index contributed by atoms with van der Waals surface area (Å²) >= 11 is 6.72. The first-order valence-electron chi connectivity index (χ1n) is 4.64. The Morgan fingerprint density at radius 2 is 2.24 bits per heavy atom. The van der Waals surface area contributed by atoms with E-state index in [2.05, 4.69) is 4.98 Å². The number of nitrogens with zero attached hydrogens (tertiary/aromatic N) is 1. The highest BCUT2D eigenvalue weighted by molar-refractivity contribution is 7.17. The summed E-state index contributed by atoms with van der Waals surface area (Å²) in [5.41, 5.74) is 0.416. The lowest BCUT2D eigenvalue weighted by atomic mass is 10.2. The minimum absolute atomic E-state index is 0.0145. The monoisotopic (exact) mass is 270 g/mol. The quantitative estimate of drug-likeness (QED) is 0.841. The molecular formula is C11H6ClFNO2S-. The average molecular weight is 271 g/mol. The Labute approximate surface area is 106 Å². The number of aromatic carboxylic acids is 1. The van der Waals surface area contributed by atoms with Crippen molar-refractivity contribution in [3.8, 4) is 10.6 Å². The molecule has 1 aromatic heterocycles. The van der Waals surface area contributed by atoms with Gasteiger partial charge in [0.05, 0.1) is 27.1 Å². The number of carboxylic acid groups (broad SMARTS) is 1. The van der Waals surface area contributed by atoms with E-state index in [9.17, 15) is 14.3 Å². The molecule has 2 rings (SSSR count). The van der Waals surface area contributed by atoms with Crippen molar-refractivity contribution in [2.45, 2.75) is 6.92 Å². The van der Waals surface area contributed by atoms with Gasteiger partial charge in [0.15, 0.2) is 0 Å². The van der Waals surface area contributed by atoms with Crippen LogP contribution in [-0.2, 0) is 0 Å². The van der Waals surface area contributed by atoms with Gasteiger partial charge in [0.2, 0.25) is 0 Å². The lowest BCUT2D eigenvalue weighted by molar-refractivity contribution is -0.254. The van der Waals surface area contributed by atoms with Crippen LogP contribution in [0.2, 0.25) is 5.02 Å². The van der Waals surface area contributed by atoms with Crippen molar-refractivity contribution in [3.05, 3.63) is 39.6 Å². The molecule has 17 heavy (non-hydrogen) atoms. The first-order chi connectivity index (χ1) is 8.00. The molecule has 0 aliphatic rings. The molecule has 0 atom stereocenters. The molecule has 1 heterocycles. The third kappa shape index (κ3) is 2.16. The number of benzene rings is 1. The number of rotatable bonds is 2. The van der Waals surface area contributed by atoms with Gasteiger partial charge in [-0.05, 0) is 19.1 Å². The number of hydrogen-bond donors (Lipinski definition) is 0. The van der Waals surface area contributed by atoms with Crippen LogP contribution in [0.1, 0.15) is 15.4 Å².